The zero-order valence-corrected chi connectivity index (χ0v) is 16.9. The lowest BCUT2D eigenvalue weighted by atomic mass is 9.82. The first-order valence-electron chi connectivity index (χ1n) is 9.62. The predicted octanol–water partition coefficient (Wildman–Crippen LogP) is 4.90. The Morgan fingerprint density at radius 1 is 1.07 bits per heavy atom. The summed E-state index contributed by atoms with van der Waals surface area (Å²) in [6.07, 6.45) is 1.57. The molecule has 1 aliphatic rings. The Morgan fingerprint density at radius 2 is 1.86 bits per heavy atom. The number of ether oxygens (including phenoxy) is 3. The first-order chi connectivity index (χ1) is 14.1. The van der Waals surface area contributed by atoms with Crippen molar-refractivity contribution in [3.63, 3.8) is 0 Å². The van der Waals surface area contributed by atoms with E-state index in [0.29, 0.717) is 18.2 Å². The SMILES string of the molecule is COC(=O)C1CC(OCCOc2ccc(-c3ccc4cccc(Cl)c4n3)cc2)C1. The Kier molecular flexibility index (Phi) is 5.97. The molecule has 3 aromatic rings. The number of halogens is 1. The molecule has 0 amide bonds. The third-order valence-electron chi connectivity index (χ3n) is 5.16. The van der Waals surface area contributed by atoms with Crippen LogP contribution in [0, 0.1) is 5.92 Å². The summed E-state index contributed by atoms with van der Waals surface area (Å²) in [7, 11) is 1.42. The number of carbonyl (C=O) groups excluding carboxylic acids is 1. The summed E-state index contributed by atoms with van der Waals surface area (Å²) in [5.41, 5.74) is 2.67. The monoisotopic (exact) mass is 411 g/mol. The van der Waals surface area contributed by atoms with Crippen molar-refractivity contribution < 1.29 is 19.0 Å². The molecular formula is C23H22ClNO4. The molecule has 4 rings (SSSR count). The molecule has 6 heteroatoms. The van der Waals surface area contributed by atoms with E-state index in [4.69, 9.17) is 25.8 Å². The van der Waals surface area contributed by atoms with Crippen molar-refractivity contribution in [3.8, 4) is 17.0 Å². The average molecular weight is 412 g/mol. The predicted molar refractivity (Wildman–Crippen MR) is 112 cm³/mol. The van der Waals surface area contributed by atoms with Gasteiger partial charge in [-0.05, 0) is 49.2 Å². The fourth-order valence-corrected chi connectivity index (χ4v) is 3.65. The summed E-state index contributed by atoms with van der Waals surface area (Å²) in [4.78, 5) is 16.0. The van der Waals surface area contributed by atoms with Crippen molar-refractivity contribution in [3.05, 3.63) is 59.6 Å². The van der Waals surface area contributed by atoms with Crippen LogP contribution in [-0.4, -0.2) is 37.4 Å². The van der Waals surface area contributed by atoms with Gasteiger partial charge >= 0.3 is 5.97 Å². The Labute approximate surface area is 174 Å². The van der Waals surface area contributed by atoms with Gasteiger partial charge < -0.3 is 14.2 Å². The topological polar surface area (TPSA) is 57.7 Å². The van der Waals surface area contributed by atoms with Crippen molar-refractivity contribution in [2.45, 2.75) is 18.9 Å². The van der Waals surface area contributed by atoms with E-state index in [2.05, 4.69) is 4.98 Å². The fourth-order valence-electron chi connectivity index (χ4n) is 3.43. The van der Waals surface area contributed by atoms with Gasteiger partial charge in [0.15, 0.2) is 0 Å². The first-order valence-corrected chi connectivity index (χ1v) is 10.00. The van der Waals surface area contributed by atoms with Gasteiger partial charge in [-0.3, -0.25) is 4.79 Å². The van der Waals surface area contributed by atoms with Crippen molar-refractivity contribution >= 4 is 28.5 Å². The molecule has 1 aliphatic carbocycles. The quantitative estimate of drug-likeness (QED) is 0.408. The number of carbonyl (C=O) groups is 1. The van der Waals surface area contributed by atoms with Gasteiger partial charge in [-0.25, -0.2) is 4.98 Å². The van der Waals surface area contributed by atoms with Gasteiger partial charge in [-0.1, -0.05) is 29.8 Å². The smallest absolute Gasteiger partial charge is 0.308 e. The van der Waals surface area contributed by atoms with Crippen LogP contribution in [0.5, 0.6) is 5.75 Å². The molecule has 1 heterocycles. The molecule has 0 atom stereocenters. The third kappa shape index (κ3) is 4.52. The molecule has 0 bridgehead atoms. The highest BCUT2D eigenvalue weighted by Crippen LogP contribution is 2.31. The third-order valence-corrected chi connectivity index (χ3v) is 5.46. The largest absolute Gasteiger partial charge is 0.491 e. The maximum absolute atomic E-state index is 11.4. The summed E-state index contributed by atoms with van der Waals surface area (Å²) in [5, 5.41) is 1.67. The lowest BCUT2D eigenvalue weighted by Crippen LogP contribution is -2.37. The second kappa shape index (κ2) is 8.80. The van der Waals surface area contributed by atoms with E-state index < -0.39 is 0 Å². The molecule has 0 saturated heterocycles. The highest BCUT2D eigenvalue weighted by atomic mass is 35.5. The molecule has 1 saturated carbocycles. The summed E-state index contributed by atoms with van der Waals surface area (Å²) < 4.78 is 16.2. The van der Waals surface area contributed by atoms with Gasteiger partial charge in [0.05, 0.1) is 42.0 Å². The molecule has 0 N–H and O–H groups in total. The number of nitrogens with zero attached hydrogens (tertiary/aromatic N) is 1. The van der Waals surface area contributed by atoms with Crippen LogP contribution in [-0.2, 0) is 14.3 Å². The number of rotatable bonds is 7. The van der Waals surface area contributed by atoms with Crippen LogP contribution in [0.25, 0.3) is 22.2 Å². The van der Waals surface area contributed by atoms with E-state index >= 15 is 0 Å². The molecule has 29 heavy (non-hydrogen) atoms. The Balaban J connectivity index is 1.28. The molecule has 150 valence electrons. The van der Waals surface area contributed by atoms with Crippen LogP contribution in [0.15, 0.2) is 54.6 Å². The molecule has 5 nitrogen and oxygen atoms in total. The number of pyridine rings is 1. The number of esters is 1. The summed E-state index contributed by atoms with van der Waals surface area (Å²) >= 11 is 6.26. The van der Waals surface area contributed by atoms with Crippen LogP contribution < -0.4 is 4.74 Å². The Bertz CT molecular complexity index is 999. The van der Waals surface area contributed by atoms with Crippen LogP contribution in [0.1, 0.15) is 12.8 Å². The summed E-state index contributed by atoms with van der Waals surface area (Å²) in [5.74, 6) is 0.610. The number of fused-ring (bicyclic) bond motifs is 1. The molecule has 1 fully saturated rings. The highest BCUT2D eigenvalue weighted by molar-refractivity contribution is 6.35. The fraction of sp³-hybridized carbons (Fsp3) is 0.304. The van der Waals surface area contributed by atoms with Gasteiger partial charge in [0.2, 0.25) is 0 Å². The first kappa shape index (κ1) is 19.7. The summed E-state index contributed by atoms with van der Waals surface area (Å²) in [6.45, 7) is 0.952. The number of hydrogen-bond acceptors (Lipinski definition) is 5. The van der Waals surface area contributed by atoms with Gasteiger partial charge in [0.1, 0.15) is 12.4 Å². The minimum absolute atomic E-state index is 0.0166. The van der Waals surface area contributed by atoms with E-state index in [1.54, 1.807) is 0 Å². The second-order valence-corrected chi connectivity index (χ2v) is 7.47. The van der Waals surface area contributed by atoms with Crippen LogP contribution in [0.3, 0.4) is 0 Å². The number of methoxy groups -OCH3 is 1. The van der Waals surface area contributed by atoms with E-state index in [-0.39, 0.29) is 18.0 Å². The van der Waals surface area contributed by atoms with Crippen molar-refractivity contribution in [2.75, 3.05) is 20.3 Å². The van der Waals surface area contributed by atoms with Crippen molar-refractivity contribution in [1.82, 2.24) is 4.98 Å². The normalized spacial score (nSPS) is 18.3. The second-order valence-electron chi connectivity index (χ2n) is 7.07. The molecular weight excluding hydrogens is 390 g/mol. The summed E-state index contributed by atoms with van der Waals surface area (Å²) in [6, 6.07) is 17.6. The maximum atomic E-state index is 11.4. The van der Waals surface area contributed by atoms with Gasteiger partial charge in [-0.15, -0.1) is 0 Å². The standard InChI is InChI=1S/C23H22ClNO4/c1-27-23(26)17-13-19(14-17)29-12-11-28-18-8-5-15(6-9-18)21-10-7-16-3-2-4-20(24)22(16)25-21/h2-10,17,19H,11-14H2,1H3. The van der Waals surface area contributed by atoms with Gasteiger partial charge in [-0.2, -0.15) is 0 Å². The zero-order valence-electron chi connectivity index (χ0n) is 16.1. The van der Waals surface area contributed by atoms with E-state index in [1.165, 1.54) is 7.11 Å². The Morgan fingerprint density at radius 3 is 2.62 bits per heavy atom. The highest BCUT2D eigenvalue weighted by Gasteiger charge is 2.35. The molecule has 0 aliphatic heterocycles. The zero-order chi connectivity index (χ0) is 20.2. The number of aromatic nitrogens is 1. The molecule has 0 spiro atoms. The number of para-hydroxylation sites is 1. The van der Waals surface area contributed by atoms with Crippen molar-refractivity contribution in [1.29, 1.82) is 0 Å². The number of benzene rings is 2. The lowest BCUT2D eigenvalue weighted by molar-refractivity contribution is -0.155. The van der Waals surface area contributed by atoms with Gasteiger partial charge in [0, 0.05) is 10.9 Å². The van der Waals surface area contributed by atoms with Crippen LogP contribution in [0.4, 0.5) is 0 Å². The maximum Gasteiger partial charge on any atom is 0.308 e. The van der Waals surface area contributed by atoms with Crippen LogP contribution >= 0.6 is 11.6 Å². The molecule has 0 unspecified atom stereocenters. The molecule has 0 radical (unpaired) electrons. The molecule has 2 aromatic carbocycles. The number of hydrogen-bond donors (Lipinski definition) is 0. The van der Waals surface area contributed by atoms with Gasteiger partial charge in [0.25, 0.3) is 0 Å². The average Bonchev–Trinajstić information content (AvgIpc) is 2.72. The molecule has 1 aromatic heterocycles. The lowest BCUT2D eigenvalue weighted by Gasteiger charge is -2.32. The Hall–Kier alpha value is -2.63. The van der Waals surface area contributed by atoms with Crippen molar-refractivity contribution in [2.24, 2.45) is 5.92 Å². The van der Waals surface area contributed by atoms with E-state index in [9.17, 15) is 4.79 Å². The minimum atomic E-state index is -0.149. The van der Waals surface area contributed by atoms with Crippen LogP contribution in [0.2, 0.25) is 5.02 Å². The van der Waals surface area contributed by atoms with E-state index in [1.807, 2.05) is 54.6 Å². The van der Waals surface area contributed by atoms with E-state index in [0.717, 1.165) is 40.8 Å². The minimum Gasteiger partial charge on any atom is -0.491 e.